The van der Waals surface area contributed by atoms with Crippen molar-refractivity contribution in [3.05, 3.63) is 35.4 Å². The van der Waals surface area contributed by atoms with Gasteiger partial charge in [0.1, 0.15) is 0 Å². The highest BCUT2D eigenvalue weighted by atomic mass is 19.4. The summed E-state index contributed by atoms with van der Waals surface area (Å²) in [6.07, 6.45) is -2.21. The number of halogens is 3. The van der Waals surface area contributed by atoms with Crippen LogP contribution in [0.15, 0.2) is 24.3 Å². The molecule has 2 rings (SSSR count). The van der Waals surface area contributed by atoms with Crippen LogP contribution in [0, 0.1) is 5.41 Å². The maximum absolute atomic E-state index is 12.8. The molecule has 1 saturated carbocycles. The summed E-state index contributed by atoms with van der Waals surface area (Å²) < 4.78 is 38.4. The molecule has 1 aromatic rings. The Bertz CT molecular complexity index is 495. The summed E-state index contributed by atoms with van der Waals surface area (Å²) in [5.41, 5.74) is -1.42. The average molecular weight is 287 g/mol. The number of amides is 1. The predicted molar refractivity (Wildman–Crippen MR) is 67.1 cm³/mol. The minimum Gasteiger partial charge on any atom is -0.396 e. The summed E-state index contributed by atoms with van der Waals surface area (Å²) in [4.78, 5) is 11.9. The highest BCUT2D eigenvalue weighted by Crippen LogP contribution is 2.48. The third-order valence-electron chi connectivity index (χ3n) is 3.70. The molecule has 1 aliphatic carbocycles. The standard InChI is InChI=1S/C14H16F3NO2/c15-14(16,17)11-4-2-1-3-10(11)12(20)18-9-13(5-6-13)7-8-19/h1-4,19H,5-9H2,(H,18,20). The van der Waals surface area contributed by atoms with Crippen molar-refractivity contribution in [2.24, 2.45) is 5.41 Å². The fourth-order valence-corrected chi connectivity index (χ4v) is 2.22. The second kappa shape index (κ2) is 5.44. The Morgan fingerprint density at radius 1 is 1.30 bits per heavy atom. The predicted octanol–water partition coefficient (Wildman–Crippen LogP) is 2.60. The molecule has 3 nitrogen and oxygen atoms in total. The van der Waals surface area contributed by atoms with Crippen LogP contribution in [0.1, 0.15) is 35.2 Å². The van der Waals surface area contributed by atoms with E-state index in [2.05, 4.69) is 5.32 Å². The van der Waals surface area contributed by atoms with Gasteiger partial charge in [-0.15, -0.1) is 0 Å². The van der Waals surface area contributed by atoms with Gasteiger partial charge in [0.25, 0.3) is 5.91 Å². The topological polar surface area (TPSA) is 49.3 Å². The number of hydrogen-bond donors (Lipinski definition) is 2. The zero-order valence-corrected chi connectivity index (χ0v) is 10.8. The summed E-state index contributed by atoms with van der Waals surface area (Å²) in [5.74, 6) is -0.720. The Kier molecular flexibility index (Phi) is 4.04. The molecule has 1 aliphatic rings. The van der Waals surface area contributed by atoms with Crippen molar-refractivity contribution in [1.29, 1.82) is 0 Å². The molecule has 0 aliphatic heterocycles. The van der Waals surface area contributed by atoms with Crippen LogP contribution >= 0.6 is 0 Å². The molecule has 0 aromatic heterocycles. The largest absolute Gasteiger partial charge is 0.417 e. The second-order valence-electron chi connectivity index (χ2n) is 5.20. The van der Waals surface area contributed by atoms with E-state index < -0.39 is 17.6 Å². The van der Waals surface area contributed by atoms with Gasteiger partial charge in [0, 0.05) is 13.2 Å². The van der Waals surface area contributed by atoms with Crippen LogP contribution < -0.4 is 5.32 Å². The van der Waals surface area contributed by atoms with Crippen LogP contribution in [0.2, 0.25) is 0 Å². The number of alkyl halides is 3. The smallest absolute Gasteiger partial charge is 0.396 e. The summed E-state index contributed by atoms with van der Waals surface area (Å²) in [7, 11) is 0. The third kappa shape index (κ3) is 3.30. The van der Waals surface area contributed by atoms with E-state index >= 15 is 0 Å². The van der Waals surface area contributed by atoms with E-state index in [0.717, 1.165) is 18.9 Å². The van der Waals surface area contributed by atoms with E-state index in [9.17, 15) is 18.0 Å². The van der Waals surface area contributed by atoms with Gasteiger partial charge in [-0.05, 0) is 36.8 Å². The maximum atomic E-state index is 12.8. The summed E-state index contributed by atoms with van der Waals surface area (Å²) in [6.45, 7) is 0.327. The number of aliphatic hydroxyl groups is 1. The van der Waals surface area contributed by atoms with Gasteiger partial charge >= 0.3 is 6.18 Å². The zero-order valence-electron chi connectivity index (χ0n) is 10.8. The molecule has 1 aromatic carbocycles. The van der Waals surface area contributed by atoms with Crippen molar-refractivity contribution in [3.63, 3.8) is 0 Å². The van der Waals surface area contributed by atoms with Crippen LogP contribution in [-0.2, 0) is 6.18 Å². The van der Waals surface area contributed by atoms with Crippen molar-refractivity contribution >= 4 is 5.91 Å². The molecule has 0 unspecified atom stereocenters. The molecule has 6 heteroatoms. The number of hydrogen-bond acceptors (Lipinski definition) is 2. The van der Waals surface area contributed by atoms with Crippen molar-refractivity contribution in [1.82, 2.24) is 5.32 Å². The van der Waals surface area contributed by atoms with Gasteiger partial charge in [-0.1, -0.05) is 12.1 Å². The first kappa shape index (κ1) is 14.8. The summed E-state index contributed by atoms with van der Waals surface area (Å²) in [5, 5.41) is 11.5. The fraction of sp³-hybridized carbons (Fsp3) is 0.500. The van der Waals surface area contributed by atoms with Gasteiger partial charge in [0.15, 0.2) is 0 Å². The molecule has 0 atom stereocenters. The lowest BCUT2D eigenvalue weighted by Crippen LogP contribution is -2.32. The molecule has 1 amide bonds. The summed E-state index contributed by atoms with van der Waals surface area (Å²) in [6, 6.07) is 4.73. The summed E-state index contributed by atoms with van der Waals surface area (Å²) >= 11 is 0. The molecule has 20 heavy (non-hydrogen) atoms. The molecule has 0 saturated heterocycles. The Hall–Kier alpha value is -1.56. The molecule has 0 radical (unpaired) electrons. The minimum atomic E-state index is -4.55. The third-order valence-corrected chi connectivity index (χ3v) is 3.70. The van der Waals surface area contributed by atoms with Crippen LogP contribution in [0.3, 0.4) is 0 Å². The number of rotatable bonds is 5. The van der Waals surface area contributed by atoms with Gasteiger partial charge in [-0.3, -0.25) is 4.79 Å². The van der Waals surface area contributed by atoms with Gasteiger partial charge in [0.2, 0.25) is 0 Å². The van der Waals surface area contributed by atoms with Gasteiger partial charge in [-0.2, -0.15) is 13.2 Å². The Balaban J connectivity index is 2.07. The molecule has 1 fully saturated rings. The van der Waals surface area contributed by atoms with E-state index in [0.29, 0.717) is 13.0 Å². The first-order valence-electron chi connectivity index (χ1n) is 6.43. The Labute approximate surface area is 114 Å². The molecule has 110 valence electrons. The second-order valence-corrected chi connectivity index (χ2v) is 5.20. The first-order valence-corrected chi connectivity index (χ1v) is 6.43. The van der Waals surface area contributed by atoms with Crippen molar-refractivity contribution in [2.45, 2.75) is 25.4 Å². The lowest BCUT2D eigenvalue weighted by Gasteiger charge is -2.16. The molecular weight excluding hydrogens is 271 g/mol. The SMILES string of the molecule is O=C(NCC1(CCO)CC1)c1ccccc1C(F)(F)F. The van der Waals surface area contributed by atoms with E-state index in [1.807, 2.05) is 0 Å². The van der Waals surface area contributed by atoms with Gasteiger partial charge in [-0.25, -0.2) is 0 Å². The fourth-order valence-electron chi connectivity index (χ4n) is 2.22. The van der Waals surface area contributed by atoms with Crippen LogP contribution in [0.25, 0.3) is 0 Å². The quantitative estimate of drug-likeness (QED) is 0.874. The zero-order chi connectivity index (χ0) is 14.8. The van der Waals surface area contributed by atoms with E-state index in [1.54, 1.807) is 0 Å². The highest BCUT2D eigenvalue weighted by Gasteiger charge is 2.42. The maximum Gasteiger partial charge on any atom is 0.417 e. The van der Waals surface area contributed by atoms with Crippen molar-refractivity contribution in [3.8, 4) is 0 Å². The Morgan fingerprint density at radius 2 is 1.95 bits per heavy atom. The van der Waals surface area contributed by atoms with E-state index in [4.69, 9.17) is 5.11 Å². The minimum absolute atomic E-state index is 0.0228. The first-order chi connectivity index (χ1) is 9.38. The van der Waals surface area contributed by atoms with Crippen LogP contribution in [0.5, 0.6) is 0 Å². The number of carbonyl (C=O) groups excluding carboxylic acids is 1. The molecular formula is C14H16F3NO2. The molecule has 0 spiro atoms. The normalized spacial score (nSPS) is 16.8. The number of aliphatic hydroxyl groups excluding tert-OH is 1. The van der Waals surface area contributed by atoms with E-state index in [1.165, 1.54) is 18.2 Å². The molecule has 0 heterocycles. The van der Waals surface area contributed by atoms with Crippen molar-refractivity contribution < 1.29 is 23.1 Å². The van der Waals surface area contributed by atoms with Crippen LogP contribution in [0.4, 0.5) is 13.2 Å². The number of carbonyl (C=O) groups is 1. The number of nitrogens with one attached hydrogen (secondary N) is 1. The molecule has 0 bridgehead atoms. The highest BCUT2D eigenvalue weighted by molar-refractivity contribution is 5.95. The van der Waals surface area contributed by atoms with Gasteiger partial charge in [0.05, 0.1) is 11.1 Å². The van der Waals surface area contributed by atoms with E-state index in [-0.39, 0.29) is 17.6 Å². The van der Waals surface area contributed by atoms with Gasteiger partial charge < -0.3 is 10.4 Å². The number of benzene rings is 1. The average Bonchev–Trinajstić information content (AvgIpc) is 3.16. The van der Waals surface area contributed by atoms with Crippen molar-refractivity contribution in [2.75, 3.05) is 13.2 Å². The molecule has 2 N–H and O–H groups in total. The lowest BCUT2D eigenvalue weighted by molar-refractivity contribution is -0.137. The van der Waals surface area contributed by atoms with Crippen LogP contribution in [-0.4, -0.2) is 24.2 Å². The Morgan fingerprint density at radius 3 is 2.50 bits per heavy atom. The lowest BCUT2D eigenvalue weighted by atomic mass is 10.0. The monoisotopic (exact) mass is 287 g/mol.